The molecule has 0 saturated carbocycles. The molecule has 0 aliphatic carbocycles. The third kappa shape index (κ3) is 7.45. The molecule has 28 heavy (non-hydrogen) atoms. The molecule has 1 aromatic heterocycles. The number of hydrogen-bond donors (Lipinski definition) is 3. The Kier molecular flexibility index (Phi) is 7.08. The molecule has 0 atom stereocenters. The molecule has 8 nitrogen and oxygen atoms in total. The lowest BCUT2D eigenvalue weighted by molar-refractivity contribution is -0.120. The van der Waals surface area contributed by atoms with Crippen LogP contribution in [0.3, 0.4) is 0 Å². The Morgan fingerprint density at radius 2 is 1.71 bits per heavy atom. The third-order valence-corrected chi connectivity index (χ3v) is 3.39. The van der Waals surface area contributed by atoms with Crippen LogP contribution in [0.2, 0.25) is 0 Å². The number of carbonyl (C=O) groups excluding carboxylic acids is 3. The predicted octanol–water partition coefficient (Wildman–Crippen LogP) is 2.47. The van der Waals surface area contributed by atoms with Crippen LogP contribution in [0.4, 0.5) is 10.5 Å². The highest BCUT2D eigenvalue weighted by molar-refractivity contribution is 6.02. The summed E-state index contributed by atoms with van der Waals surface area (Å²) in [7, 11) is 0. The van der Waals surface area contributed by atoms with Gasteiger partial charge in [-0.3, -0.25) is 14.6 Å². The first kappa shape index (κ1) is 20.9. The molecule has 2 rings (SSSR count). The van der Waals surface area contributed by atoms with E-state index < -0.39 is 11.7 Å². The van der Waals surface area contributed by atoms with Crippen molar-refractivity contribution in [2.75, 3.05) is 11.9 Å². The highest BCUT2D eigenvalue weighted by atomic mass is 16.6. The van der Waals surface area contributed by atoms with Gasteiger partial charge in [-0.05, 0) is 50.6 Å². The lowest BCUT2D eigenvalue weighted by atomic mass is 10.2. The number of pyridine rings is 1. The van der Waals surface area contributed by atoms with Gasteiger partial charge >= 0.3 is 6.09 Å². The zero-order valence-corrected chi connectivity index (χ0v) is 16.1. The molecule has 1 heterocycles. The van der Waals surface area contributed by atoms with Crippen LogP contribution in [0.5, 0.6) is 0 Å². The zero-order valence-electron chi connectivity index (χ0n) is 16.1. The zero-order chi connectivity index (χ0) is 20.6. The van der Waals surface area contributed by atoms with Gasteiger partial charge in [0.2, 0.25) is 5.91 Å². The summed E-state index contributed by atoms with van der Waals surface area (Å²) < 4.78 is 5.06. The van der Waals surface area contributed by atoms with E-state index in [2.05, 4.69) is 20.9 Å². The summed E-state index contributed by atoms with van der Waals surface area (Å²) in [5, 5.41) is 7.84. The molecular weight excluding hydrogens is 360 g/mol. The molecule has 0 aliphatic rings. The molecule has 3 amide bonds. The number of amides is 3. The molecule has 0 unspecified atom stereocenters. The molecule has 0 bridgehead atoms. The van der Waals surface area contributed by atoms with Crippen molar-refractivity contribution in [1.29, 1.82) is 0 Å². The lowest BCUT2D eigenvalue weighted by Gasteiger charge is -2.19. The van der Waals surface area contributed by atoms with Gasteiger partial charge in [0.1, 0.15) is 17.8 Å². The maximum atomic E-state index is 12.1. The van der Waals surface area contributed by atoms with E-state index >= 15 is 0 Å². The standard InChI is InChI=1S/C20H24N4O4/c1-20(2,3)28-19(27)23-13-17(25)22-12-14-7-9-15(10-8-14)24-18(26)16-6-4-5-11-21-16/h4-11H,12-13H2,1-3H3,(H,22,25)(H,23,27)(H,24,26). The smallest absolute Gasteiger partial charge is 0.408 e. The Hall–Kier alpha value is -3.42. The van der Waals surface area contributed by atoms with Gasteiger partial charge in [0, 0.05) is 18.4 Å². The van der Waals surface area contributed by atoms with E-state index in [1.165, 1.54) is 0 Å². The number of alkyl carbamates (subject to hydrolysis) is 1. The van der Waals surface area contributed by atoms with Gasteiger partial charge in [-0.1, -0.05) is 18.2 Å². The minimum absolute atomic E-state index is 0.173. The second-order valence-corrected chi connectivity index (χ2v) is 7.00. The number of benzene rings is 1. The summed E-state index contributed by atoms with van der Waals surface area (Å²) in [4.78, 5) is 39.4. The van der Waals surface area contributed by atoms with E-state index in [0.29, 0.717) is 17.9 Å². The van der Waals surface area contributed by atoms with Gasteiger partial charge in [-0.25, -0.2) is 4.79 Å². The lowest BCUT2D eigenvalue weighted by Crippen LogP contribution is -2.39. The summed E-state index contributed by atoms with van der Waals surface area (Å²) in [6.07, 6.45) is 0.911. The molecule has 0 aliphatic heterocycles. The Labute approximate surface area is 163 Å². The van der Waals surface area contributed by atoms with Crippen molar-refractivity contribution in [2.24, 2.45) is 0 Å². The van der Waals surface area contributed by atoms with Gasteiger partial charge in [-0.15, -0.1) is 0 Å². The van der Waals surface area contributed by atoms with Gasteiger partial charge in [0.05, 0.1) is 0 Å². The van der Waals surface area contributed by atoms with Crippen LogP contribution in [0.1, 0.15) is 36.8 Å². The van der Waals surface area contributed by atoms with Gasteiger partial charge in [-0.2, -0.15) is 0 Å². The Balaban J connectivity index is 1.75. The molecule has 3 N–H and O–H groups in total. The number of hydrogen-bond acceptors (Lipinski definition) is 5. The SMILES string of the molecule is CC(C)(C)OC(=O)NCC(=O)NCc1ccc(NC(=O)c2ccccn2)cc1. The Morgan fingerprint density at radius 3 is 2.32 bits per heavy atom. The fraction of sp³-hybridized carbons (Fsp3) is 0.300. The van der Waals surface area contributed by atoms with Crippen molar-refractivity contribution in [1.82, 2.24) is 15.6 Å². The first-order chi connectivity index (χ1) is 13.2. The summed E-state index contributed by atoms with van der Waals surface area (Å²) >= 11 is 0. The maximum absolute atomic E-state index is 12.1. The maximum Gasteiger partial charge on any atom is 0.408 e. The molecule has 0 spiro atoms. The molecule has 2 aromatic rings. The predicted molar refractivity (Wildman–Crippen MR) is 105 cm³/mol. The van der Waals surface area contributed by atoms with Crippen LogP contribution >= 0.6 is 0 Å². The van der Waals surface area contributed by atoms with Gasteiger partial charge in [0.25, 0.3) is 5.91 Å². The topological polar surface area (TPSA) is 109 Å². The van der Waals surface area contributed by atoms with Crippen LogP contribution in [0.25, 0.3) is 0 Å². The summed E-state index contributed by atoms with van der Waals surface area (Å²) in [5.74, 6) is -0.631. The number of rotatable bonds is 6. The number of ether oxygens (including phenoxy) is 1. The summed E-state index contributed by atoms with van der Waals surface area (Å²) in [6, 6.07) is 12.2. The average molecular weight is 384 g/mol. The first-order valence-corrected chi connectivity index (χ1v) is 8.78. The molecule has 1 aromatic carbocycles. The molecule has 0 saturated heterocycles. The highest BCUT2D eigenvalue weighted by Gasteiger charge is 2.16. The number of nitrogens with one attached hydrogen (secondary N) is 3. The van der Waals surface area contributed by atoms with Crippen molar-refractivity contribution < 1.29 is 19.1 Å². The molecule has 0 radical (unpaired) electrons. The second kappa shape index (κ2) is 9.50. The monoisotopic (exact) mass is 384 g/mol. The fourth-order valence-corrected chi connectivity index (χ4v) is 2.13. The van der Waals surface area contributed by atoms with E-state index in [-0.39, 0.29) is 18.4 Å². The minimum atomic E-state index is -0.643. The van der Waals surface area contributed by atoms with Crippen LogP contribution in [-0.2, 0) is 16.1 Å². The number of nitrogens with zero attached hydrogens (tertiary/aromatic N) is 1. The Bertz CT molecular complexity index is 814. The molecule has 8 heteroatoms. The van der Waals surface area contributed by atoms with Crippen LogP contribution < -0.4 is 16.0 Å². The molecular formula is C20H24N4O4. The van der Waals surface area contributed by atoms with Gasteiger partial charge in [0.15, 0.2) is 0 Å². The first-order valence-electron chi connectivity index (χ1n) is 8.78. The van der Waals surface area contributed by atoms with E-state index in [4.69, 9.17) is 4.74 Å². The van der Waals surface area contributed by atoms with Crippen molar-refractivity contribution in [2.45, 2.75) is 32.9 Å². The van der Waals surface area contributed by atoms with Crippen LogP contribution in [0.15, 0.2) is 48.7 Å². The fourth-order valence-electron chi connectivity index (χ4n) is 2.13. The average Bonchev–Trinajstić information content (AvgIpc) is 2.65. The quantitative estimate of drug-likeness (QED) is 0.709. The normalized spacial score (nSPS) is 10.7. The van der Waals surface area contributed by atoms with Crippen LogP contribution in [-0.4, -0.2) is 35.0 Å². The van der Waals surface area contributed by atoms with Crippen molar-refractivity contribution >= 4 is 23.6 Å². The molecule has 0 fully saturated rings. The van der Waals surface area contributed by atoms with Crippen molar-refractivity contribution in [3.8, 4) is 0 Å². The van der Waals surface area contributed by atoms with Crippen LogP contribution in [0, 0.1) is 0 Å². The second-order valence-electron chi connectivity index (χ2n) is 7.00. The van der Waals surface area contributed by atoms with E-state index in [0.717, 1.165) is 5.56 Å². The third-order valence-electron chi connectivity index (χ3n) is 3.39. The number of aromatic nitrogens is 1. The van der Waals surface area contributed by atoms with E-state index in [1.54, 1.807) is 69.4 Å². The Morgan fingerprint density at radius 1 is 1.00 bits per heavy atom. The van der Waals surface area contributed by atoms with Crippen molar-refractivity contribution in [3.05, 3.63) is 59.9 Å². The van der Waals surface area contributed by atoms with Crippen molar-refractivity contribution in [3.63, 3.8) is 0 Å². The van der Waals surface area contributed by atoms with Gasteiger partial charge < -0.3 is 20.7 Å². The largest absolute Gasteiger partial charge is 0.444 e. The van der Waals surface area contributed by atoms with E-state index in [9.17, 15) is 14.4 Å². The number of carbonyl (C=O) groups is 3. The highest BCUT2D eigenvalue weighted by Crippen LogP contribution is 2.11. The summed E-state index contributed by atoms with van der Waals surface area (Å²) in [5.41, 5.74) is 1.18. The van der Waals surface area contributed by atoms with E-state index in [1.807, 2.05) is 0 Å². The number of anilines is 1. The minimum Gasteiger partial charge on any atom is -0.444 e. The summed E-state index contributed by atoms with van der Waals surface area (Å²) in [6.45, 7) is 5.36. The molecule has 148 valence electrons.